The first-order chi connectivity index (χ1) is 12.1. The number of benzene rings is 2. The maximum absolute atomic E-state index is 10.8. The highest BCUT2D eigenvalue weighted by Crippen LogP contribution is 2.27. The SMILES string of the molecule is Cc1cc(Oc2ccc(C(=O)O)cn2)ccc1OCc1ccccc1. The maximum atomic E-state index is 10.8. The lowest BCUT2D eigenvalue weighted by molar-refractivity contribution is 0.0696. The van der Waals surface area contributed by atoms with Gasteiger partial charge < -0.3 is 14.6 Å². The molecule has 0 saturated heterocycles. The van der Waals surface area contributed by atoms with E-state index in [-0.39, 0.29) is 5.56 Å². The fourth-order valence-electron chi connectivity index (χ4n) is 2.27. The maximum Gasteiger partial charge on any atom is 0.337 e. The summed E-state index contributed by atoms with van der Waals surface area (Å²) in [7, 11) is 0. The summed E-state index contributed by atoms with van der Waals surface area (Å²) in [5, 5.41) is 8.87. The lowest BCUT2D eigenvalue weighted by Gasteiger charge is -2.11. The van der Waals surface area contributed by atoms with Crippen molar-refractivity contribution in [3.8, 4) is 17.4 Å². The smallest absolute Gasteiger partial charge is 0.337 e. The van der Waals surface area contributed by atoms with Gasteiger partial charge in [0.15, 0.2) is 0 Å². The van der Waals surface area contributed by atoms with Crippen molar-refractivity contribution in [2.75, 3.05) is 0 Å². The Morgan fingerprint density at radius 3 is 2.52 bits per heavy atom. The van der Waals surface area contributed by atoms with Crippen molar-refractivity contribution in [3.63, 3.8) is 0 Å². The number of rotatable bonds is 6. The summed E-state index contributed by atoms with van der Waals surface area (Å²) in [6.45, 7) is 2.44. The summed E-state index contributed by atoms with van der Waals surface area (Å²) in [5.74, 6) is 0.711. The second-order valence-corrected chi connectivity index (χ2v) is 5.49. The van der Waals surface area contributed by atoms with Crippen LogP contribution in [0.4, 0.5) is 0 Å². The van der Waals surface area contributed by atoms with Crippen LogP contribution in [0.1, 0.15) is 21.5 Å². The molecular weight excluding hydrogens is 318 g/mol. The third-order valence-electron chi connectivity index (χ3n) is 3.59. The molecule has 126 valence electrons. The van der Waals surface area contributed by atoms with Gasteiger partial charge in [-0.2, -0.15) is 0 Å². The minimum absolute atomic E-state index is 0.119. The molecule has 3 rings (SSSR count). The van der Waals surface area contributed by atoms with Crippen LogP contribution in [0, 0.1) is 6.92 Å². The van der Waals surface area contributed by atoms with E-state index in [4.69, 9.17) is 14.6 Å². The van der Waals surface area contributed by atoms with Crippen LogP contribution in [-0.2, 0) is 6.61 Å². The number of carboxylic acid groups (broad SMARTS) is 1. The van der Waals surface area contributed by atoms with E-state index >= 15 is 0 Å². The number of aromatic carboxylic acids is 1. The Kier molecular flexibility index (Phi) is 4.95. The van der Waals surface area contributed by atoms with Crippen LogP contribution in [0.25, 0.3) is 0 Å². The van der Waals surface area contributed by atoms with Gasteiger partial charge >= 0.3 is 5.97 Å². The highest BCUT2D eigenvalue weighted by molar-refractivity contribution is 5.87. The molecule has 0 amide bonds. The fourth-order valence-corrected chi connectivity index (χ4v) is 2.27. The second-order valence-electron chi connectivity index (χ2n) is 5.49. The molecule has 1 heterocycles. The summed E-state index contributed by atoms with van der Waals surface area (Å²) < 4.78 is 11.5. The molecule has 0 aliphatic carbocycles. The molecule has 5 nitrogen and oxygen atoms in total. The Hall–Kier alpha value is -3.34. The Bertz CT molecular complexity index is 861. The quantitative estimate of drug-likeness (QED) is 0.720. The molecule has 1 aromatic heterocycles. The van der Waals surface area contributed by atoms with E-state index in [0.717, 1.165) is 16.9 Å². The van der Waals surface area contributed by atoms with Gasteiger partial charge in [0.2, 0.25) is 5.88 Å². The molecule has 0 aliphatic heterocycles. The minimum atomic E-state index is -1.02. The van der Waals surface area contributed by atoms with Gasteiger partial charge in [-0.05, 0) is 42.3 Å². The Morgan fingerprint density at radius 2 is 1.88 bits per heavy atom. The summed E-state index contributed by atoms with van der Waals surface area (Å²) in [4.78, 5) is 14.8. The number of pyridine rings is 1. The molecule has 0 atom stereocenters. The first kappa shape index (κ1) is 16.5. The summed E-state index contributed by atoms with van der Waals surface area (Å²) in [5.41, 5.74) is 2.16. The molecule has 0 radical (unpaired) electrons. The number of aryl methyl sites for hydroxylation is 1. The van der Waals surface area contributed by atoms with Crippen LogP contribution >= 0.6 is 0 Å². The average molecular weight is 335 g/mol. The lowest BCUT2D eigenvalue weighted by Crippen LogP contribution is -1.98. The third kappa shape index (κ3) is 4.35. The van der Waals surface area contributed by atoms with Gasteiger partial charge in [-0.15, -0.1) is 0 Å². The molecule has 0 unspecified atom stereocenters. The predicted molar refractivity (Wildman–Crippen MR) is 93.2 cm³/mol. The van der Waals surface area contributed by atoms with Crippen molar-refractivity contribution < 1.29 is 19.4 Å². The molecule has 3 aromatic rings. The summed E-state index contributed by atoms with van der Waals surface area (Å²) >= 11 is 0. The molecule has 5 heteroatoms. The molecule has 0 aliphatic rings. The van der Waals surface area contributed by atoms with Gasteiger partial charge in [0.25, 0.3) is 0 Å². The predicted octanol–water partition coefficient (Wildman–Crippen LogP) is 4.46. The highest BCUT2D eigenvalue weighted by atomic mass is 16.5. The van der Waals surface area contributed by atoms with Crippen LogP contribution in [0.15, 0.2) is 66.9 Å². The minimum Gasteiger partial charge on any atom is -0.489 e. The van der Waals surface area contributed by atoms with Crippen molar-refractivity contribution in [2.24, 2.45) is 0 Å². The standard InChI is InChI=1S/C20H17NO4/c1-14-11-17(25-19-10-7-16(12-21-19)20(22)23)8-9-18(14)24-13-15-5-3-2-4-6-15/h2-12H,13H2,1H3,(H,22,23). The Morgan fingerprint density at radius 1 is 1.08 bits per heavy atom. The number of hydrogen-bond donors (Lipinski definition) is 1. The molecule has 0 bridgehead atoms. The molecular formula is C20H17NO4. The van der Waals surface area contributed by atoms with E-state index in [2.05, 4.69) is 4.98 Å². The van der Waals surface area contributed by atoms with E-state index in [9.17, 15) is 4.79 Å². The molecule has 0 spiro atoms. The van der Waals surface area contributed by atoms with Gasteiger partial charge in [-0.1, -0.05) is 30.3 Å². The fraction of sp³-hybridized carbons (Fsp3) is 0.100. The summed E-state index contributed by atoms with van der Waals surface area (Å²) in [6, 6.07) is 18.4. The van der Waals surface area contributed by atoms with Gasteiger partial charge in [0.05, 0.1) is 5.56 Å². The van der Waals surface area contributed by atoms with Crippen LogP contribution in [0.5, 0.6) is 17.4 Å². The zero-order valence-electron chi connectivity index (χ0n) is 13.7. The Labute approximate surface area is 145 Å². The number of hydrogen-bond acceptors (Lipinski definition) is 4. The first-order valence-electron chi connectivity index (χ1n) is 7.76. The van der Waals surface area contributed by atoms with Crippen molar-refractivity contribution in [1.82, 2.24) is 4.98 Å². The molecule has 0 saturated carbocycles. The van der Waals surface area contributed by atoms with Crippen molar-refractivity contribution in [2.45, 2.75) is 13.5 Å². The first-order valence-corrected chi connectivity index (χ1v) is 7.76. The van der Waals surface area contributed by atoms with Gasteiger partial charge in [0, 0.05) is 12.3 Å². The van der Waals surface area contributed by atoms with E-state index in [0.29, 0.717) is 18.2 Å². The van der Waals surface area contributed by atoms with Gasteiger partial charge in [0.1, 0.15) is 18.1 Å². The van der Waals surface area contributed by atoms with Crippen molar-refractivity contribution in [1.29, 1.82) is 0 Å². The van der Waals surface area contributed by atoms with Crippen LogP contribution in [0.3, 0.4) is 0 Å². The van der Waals surface area contributed by atoms with E-state index < -0.39 is 5.97 Å². The number of nitrogens with zero attached hydrogens (tertiary/aromatic N) is 1. The number of aromatic nitrogens is 1. The third-order valence-corrected chi connectivity index (χ3v) is 3.59. The molecule has 2 aromatic carbocycles. The van der Waals surface area contributed by atoms with E-state index in [1.165, 1.54) is 18.3 Å². The molecule has 0 fully saturated rings. The van der Waals surface area contributed by atoms with Gasteiger partial charge in [-0.25, -0.2) is 9.78 Å². The second kappa shape index (κ2) is 7.49. The average Bonchev–Trinajstić information content (AvgIpc) is 2.62. The monoisotopic (exact) mass is 335 g/mol. The van der Waals surface area contributed by atoms with Gasteiger partial charge in [-0.3, -0.25) is 0 Å². The zero-order valence-corrected chi connectivity index (χ0v) is 13.7. The lowest BCUT2D eigenvalue weighted by atomic mass is 10.2. The van der Waals surface area contributed by atoms with Crippen LogP contribution < -0.4 is 9.47 Å². The molecule has 25 heavy (non-hydrogen) atoms. The zero-order chi connectivity index (χ0) is 17.6. The number of carboxylic acids is 1. The topological polar surface area (TPSA) is 68.7 Å². The largest absolute Gasteiger partial charge is 0.489 e. The van der Waals surface area contributed by atoms with Crippen molar-refractivity contribution >= 4 is 5.97 Å². The number of ether oxygens (including phenoxy) is 2. The highest BCUT2D eigenvalue weighted by Gasteiger charge is 2.06. The Balaban J connectivity index is 1.66. The van der Waals surface area contributed by atoms with Crippen LogP contribution in [-0.4, -0.2) is 16.1 Å². The van der Waals surface area contributed by atoms with E-state index in [1.807, 2.05) is 49.4 Å². The van der Waals surface area contributed by atoms with E-state index in [1.54, 1.807) is 6.07 Å². The number of carbonyl (C=O) groups is 1. The molecule has 1 N–H and O–H groups in total. The summed E-state index contributed by atoms with van der Waals surface area (Å²) in [6.07, 6.45) is 1.27. The normalized spacial score (nSPS) is 10.3. The van der Waals surface area contributed by atoms with Crippen molar-refractivity contribution in [3.05, 3.63) is 83.6 Å². The van der Waals surface area contributed by atoms with Crippen LogP contribution in [0.2, 0.25) is 0 Å².